The Labute approximate surface area is 269 Å². The van der Waals surface area contributed by atoms with Crippen molar-refractivity contribution in [3.05, 3.63) is 82.0 Å². The number of phenols is 1. The molecule has 1 fully saturated rings. The van der Waals surface area contributed by atoms with Gasteiger partial charge in [-0.2, -0.15) is 0 Å². The molecule has 1 saturated heterocycles. The molecule has 1 aliphatic heterocycles. The van der Waals surface area contributed by atoms with Crippen LogP contribution >= 0.6 is 12.2 Å². The Morgan fingerprint density at radius 2 is 1.87 bits per heavy atom. The van der Waals surface area contributed by atoms with Crippen LogP contribution in [0.2, 0.25) is 0 Å². The van der Waals surface area contributed by atoms with Crippen LogP contribution in [0.5, 0.6) is 5.75 Å². The van der Waals surface area contributed by atoms with Gasteiger partial charge in [0, 0.05) is 44.3 Å². The van der Waals surface area contributed by atoms with E-state index in [9.17, 15) is 19.1 Å². The summed E-state index contributed by atoms with van der Waals surface area (Å²) >= 11 is 6.04. The number of rotatable bonds is 6. The lowest BCUT2D eigenvalue weighted by molar-refractivity contribution is -0.131. The van der Waals surface area contributed by atoms with Crippen molar-refractivity contribution < 1.29 is 27.9 Å². The highest BCUT2D eigenvalue weighted by Gasteiger charge is 2.34. The number of carbonyl (C=O) groups is 2. The number of piperazine rings is 1. The monoisotopic (exact) mass is 650 g/mol. The lowest BCUT2D eigenvalue weighted by atomic mass is 10.0. The Balaban J connectivity index is 1.93. The van der Waals surface area contributed by atoms with Crippen molar-refractivity contribution in [2.75, 3.05) is 31.6 Å². The first-order valence-corrected chi connectivity index (χ1v) is 15.0. The van der Waals surface area contributed by atoms with E-state index in [2.05, 4.69) is 21.9 Å². The second kappa shape index (κ2) is 12.5. The molecule has 4 heterocycles. The molecule has 4 aromatic rings. The van der Waals surface area contributed by atoms with Gasteiger partial charge in [-0.15, -0.1) is 0 Å². The van der Waals surface area contributed by atoms with Gasteiger partial charge in [-0.1, -0.05) is 38.7 Å². The van der Waals surface area contributed by atoms with E-state index in [1.54, 1.807) is 28.7 Å². The van der Waals surface area contributed by atoms with Crippen LogP contribution in [0.25, 0.3) is 28.0 Å². The van der Waals surface area contributed by atoms with Crippen LogP contribution in [0.1, 0.15) is 48.3 Å². The molecule has 9 nitrogen and oxygen atoms in total. The molecular formula is C33H33F3N6O3S. The fraction of sp³-hybridized carbons (Fsp3) is 0.303. The van der Waals surface area contributed by atoms with Gasteiger partial charge < -0.3 is 20.2 Å². The number of amides is 2. The zero-order valence-electron chi connectivity index (χ0n) is 26.0. The number of benzene rings is 1. The zero-order valence-corrected chi connectivity index (χ0v) is 26.8. The number of nitrogens with zero attached hydrogens (tertiary/aromatic N) is 5. The number of aryl methyl sites for hydroxylation is 1. The molecule has 13 heteroatoms. The van der Waals surface area contributed by atoms with Gasteiger partial charge in [-0.05, 0) is 49.6 Å². The molecule has 5 rings (SSSR count). The van der Waals surface area contributed by atoms with Gasteiger partial charge >= 0.3 is 0 Å². The summed E-state index contributed by atoms with van der Waals surface area (Å²) in [6.45, 7) is 10.9. The van der Waals surface area contributed by atoms with Crippen LogP contribution in [0.3, 0.4) is 0 Å². The first kappa shape index (κ1) is 32.6. The van der Waals surface area contributed by atoms with Crippen LogP contribution in [-0.2, 0) is 4.79 Å². The van der Waals surface area contributed by atoms with Crippen molar-refractivity contribution in [2.45, 2.75) is 39.7 Å². The second-order valence-electron chi connectivity index (χ2n) is 11.5. The van der Waals surface area contributed by atoms with E-state index < -0.39 is 52.3 Å². The number of aromatic hydroxyl groups is 1. The predicted octanol–water partition coefficient (Wildman–Crippen LogP) is 6.11. The molecule has 1 aromatic carbocycles. The minimum Gasteiger partial charge on any atom is -0.507 e. The van der Waals surface area contributed by atoms with Crippen molar-refractivity contribution in [3.8, 4) is 22.7 Å². The number of hydrogen-bond acceptors (Lipinski definition) is 7. The SMILES string of the molecule is C=C(F)C(=O)N1CCN(c2c(C(=O)NC)c(=S)n(-c3c(C)ccnc3C(C)C)c3nc(-c4c(O)cccc4F)c(F)cc23)C[C@H]1C. The summed E-state index contributed by atoms with van der Waals surface area (Å²) in [6.07, 6.45) is 1.65. The number of fused-ring (bicyclic) bond motifs is 1. The first-order valence-electron chi connectivity index (χ1n) is 14.6. The van der Waals surface area contributed by atoms with E-state index in [4.69, 9.17) is 12.2 Å². The van der Waals surface area contributed by atoms with Crippen LogP contribution in [-0.4, -0.2) is 69.1 Å². The van der Waals surface area contributed by atoms with Crippen LogP contribution in [0, 0.1) is 23.2 Å². The highest BCUT2D eigenvalue weighted by atomic mass is 32.1. The third-order valence-electron chi connectivity index (χ3n) is 8.12. The lowest BCUT2D eigenvalue weighted by Crippen LogP contribution is -2.54. The van der Waals surface area contributed by atoms with E-state index in [-0.39, 0.29) is 52.5 Å². The van der Waals surface area contributed by atoms with Gasteiger partial charge in [-0.3, -0.25) is 19.1 Å². The topological polar surface area (TPSA) is 104 Å². The van der Waals surface area contributed by atoms with E-state index in [1.807, 2.05) is 20.8 Å². The Kier molecular flexibility index (Phi) is 8.89. The third-order valence-corrected chi connectivity index (χ3v) is 8.51. The van der Waals surface area contributed by atoms with Gasteiger partial charge in [0.15, 0.2) is 11.6 Å². The molecular weight excluding hydrogens is 617 g/mol. The fourth-order valence-corrected chi connectivity index (χ4v) is 6.33. The van der Waals surface area contributed by atoms with Crippen LogP contribution < -0.4 is 10.2 Å². The van der Waals surface area contributed by atoms with E-state index in [1.165, 1.54) is 24.1 Å². The van der Waals surface area contributed by atoms with Gasteiger partial charge in [-0.25, -0.2) is 18.2 Å². The fourth-order valence-electron chi connectivity index (χ4n) is 5.96. The molecule has 2 amide bonds. The predicted molar refractivity (Wildman–Crippen MR) is 173 cm³/mol. The lowest BCUT2D eigenvalue weighted by Gasteiger charge is -2.41. The van der Waals surface area contributed by atoms with Crippen molar-refractivity contribution in [1.29, 1.82) is 0 Å². The van der Waals surface area contributed by atoms with Crippen LogP contribution in [0.4, 0.5) is 18.9 Å². The van der Waals surface area contributed by atoms with E-state index in [0.29, 0.717) is 11.4 Å². The minimum atomic E-state index is -1.09. The normalized spacial score (nSPS) is 15.0. The number of carbonyl (C=O) groups excluding carboxylic acids is 2. The molecule has 1 atom stereocenters. The Morgan fingerprint density at radius 1 is 1.15 bits per heavy atom. The Morgan fingerprint density at radius 3 is 2.48 bits per heavy atom. The number of nitrogens with one attached hydrogen (secondary N) is 1. The van der Waals surface area contributed by atoms with Crippen molar-refractivity contribution in [2.24, 2.45) is 0 Å². The van der Waals surface area contributed by atoms with Crippen molar-refractivity contribution >= 4 is 40.8 Å². The van der Waals surface area contributed by atoms with Crippen LogP contribution in [0.15, 0.2) is 48.9 Å². The Hall–Kier alpha value is -4.78. The first-order chi connectivity index (χ1) is 21.8. The highest BCUT2D eigenvalue weighted by Crippen LogP contribution is 2.40. The molecule has 3 aromatic heterocycles. The molecule has 0 spiro atoms. The smallest absolute Gasteiger partial charge is 0.282 e. The molecule has 2 N–H and O–H groups in total. The summed E-state index contributed by atoms with van der Waals surface area (Å²) < 4.78 is 46.7. The third kappa shape index (κ3) is 5.48. The summed E-state index contributed by atoms with van der Waals surface area (Å²) in [7, 11) is 1.44. The van der Waals surface area contributed by atoms with Gasteiger partial charge in [0.1, 0.15) is 27.5 Å². The zero-order chi connectivity index (χ0) is 33.6. The van der Waals surface area contributed by atoms with E-state index >= 15 is 8.78 Å². The summed E-state index contributed by atoms with van der Waals surface area (Å²) in [5.74, 6) is -4.94. The molecule has 1 aliphatic rings. The largest absolute Gasteiger partial charge is 0.507 e. The molecule has 46 heavy (non-hydrogen) atoms. The standard InChI is InChI=1S/C33H33F3N6O3S/c1-16(2)26-28(17(3)10-11-38-26)42-30-20(14-22(36)27(39-30)24-21(35)8-7-9-23(24)43)29(25(33(42)46)31(44)37-6)40-12-13-41(18(4)15-40)32(45)19(5)34/h7-11,14,16,18,43H,5,12-13,15H2,1-4,6H3,(H,37,44)/t18-/m1/s1. The van der Waals surface area contributed by atoms with E-state index in [0.717, 1.165) is 17.7 Å². The average Bonchev–Trinajstić information content (AvgIpc) is 3.00. The summed E-state index contributed by atoms with van der Waals surface area (Å²) in [5.41, 5.74) is 1.38. The van der Waals surface area contributed by atoms with Crippen molar-refractivity contribution in [3.63, 3.8) is 0 Å². The van der Waals surface area contributed by atoms with Crippen molar-refractivity contribution in [1.82, 2.24) is 24.8 Å². The number of aromatic nitrogens is 3. The quantitative estimate of drug-likeness (QED) is 0.192. The number of halogens is 3. The maximum Gasteiger partial charge on any atom is 0.282 e. The van der Waals surface area contributed by atoms with Gasteiger partial charge in [0.2, 0.25) is 0 Å². The van der Waals surface area contributed by atoms with Gasteiger partial charge in [0.05, 0.1) is 28.2 Å². The highest BCUT2D eigenvalue weighted by molar-refractivity contribution is 7.71. The molecule has 0 unspecified atom stereocenters. The summed E-state index contributed by atoms with van der Waals surface area (Å²) in [6, 6.07) is 5.99. The number of phenolic OH excluding ortho intramolecular Hbond substituents is 1. The maximum absolute atomic E-state index is 16.2. The molecule has 240 valence electrons. The number of hydrogen-bond donors (Lipinski definition) is 2. The molecule has 0 aliphatic carbocycles. The minimum absolute atomic E-state index is 0.0333. The number of anilines is 1. The molecule has 0 radical (unpaired) electrons. The number of pyridine rings is 3. The maximum atomic E-state index is 16.2. The average molecular weight is 651 g/mol. The van der Waals surface area contributed by atoms with Gasteiger partial charge in [0.25, 0.3) is 11.8 Å². The Bertz CT molecular complexity index is 1960. The molecule has 0 saturated carbocycles. The second-order valence-corrected chi connectivity index (χ2v) is 11.9. The summed E-state index contributed by atoms with van der Waals surface area (Å²) in [4.78, 5) is 38.5. The summed E-state index contributed by atoms with van der Waals surface area (Å²) in [5, 5.41) is 13.4. The molecule has 0 bridgehead atoms.